The Hall–Kier alpha value is -2.07. The van der Waals surface area contributed by atoms with Crippen molar-refractivity contribution in [2.75, 3.05) is 11.9 Å². The average molecular weight is 354 g/mol. The van der Waals surface area contributed by atoms with Crippen LogP contribution >= 0.6 is 15.9 Å². The summed E-state index contributed by atoms with van der Waals surface area (Å²) >= 11 is 3.65. The van der Waals surface area contributed by atoms with E-state index in [9.17, 15) is 0 Å². The normalized spacial score (nSPS) is 13.0. The van der Waals surface area contributed by atoms with Crippen molar-refractivity contribution >= 4 is 21.7 Å². The molecule has 22 heavy (non-hydrogen) atoms. The molecule has 0 atom stereocenters. The first-order chi connectivity index (χ1) is 10.7. The fourth-order valence-corrected chi connectivity index (χ4v) is 3.39. The molecule has 110 valence electrons. The maximum Gasteiger partial charge on any atom is 0.133 e. The minimum absolute atomic E-state index is 0.969. The van der Waals surface area contributed by atoms with E-state index in [1.807, 2.05) is 10.7 Å². The zero-order valence-electron chi connectivity index (χ0n) is 12.3. The van der Waals surface area contributed by atoms with E-state index in [1.54, 1.807) is 0 Å². The first-order valence-electron chi connectivity index (χ1n) is 7.42. The summed E-state index contributed by atoms with van der Waals surface area (Å²) in [5.74, 6) is 1.12. The van der Waals surface area contributed by atoms with Crippen LogP contribution in [0.4, 0.5) is 5.82 Å². The summed E-state index contributed by atoms with van der Waals surface area (Å²) in [5, 5.41) is 8.36. The maximum absolute atomic E-state index is 4.89. The Morgan fingerprint density at radius 3 is 2.64 bits per heavy atom. The molecule has 4 rings (SSSR count). The van der Waals surface area contributed by atoms with Gasteiger partial charge in [-0.2, -0.15) is 5.10 Å². The summed E-state index contributed by atoms with van der Waals surface area (Å²) in [6, 6.07) is 16.7. The highest BCUT2D eigenvalue weighted by Gasteiger charge is 2.24. The van der Waals surface area contributed by atoms with Gasteiger partial charge >= 0.3 is 0 Å². The number of aryl methyl sites for hydroxylation is 1. The first-order valence-corrected chi connectivity index (χ1v) is 8.21. The second-order valence-corrected chi connectivity index (χ2v) is 6.43. The molecule has 0 saturated heterocycles. The molecule has 1 aliphatic rings. The smallest absolute Gasteiger partial charge is 0.133 e. The molecule has 4 heteroatoms. The number of hydrogen-bond acceptors (Lipinski definition) is 2. The van der Waals surface area contributed by atoms with Crippen LogP contribution in [0.5, 0.6) is 0 Å². The number of benzene rings is 2. The molecule has 3 nitrogen and oxygen atoms in total. The molecule has 2 heterocycles. The van der Waals surface area contributed by atoms with Gasteiger partial charge in [-0.25, -0.2) is 4.68 Å². The largest absolute Gasteiger partial charge is 0.369 e. The van der Waals surface area contributed by atoms with Gasteiger partial charge in [0, 0.05) is 22.1 Å². The van der Waals surface area contributed by atoms with E-state index in [2.05, 4.69) is 70.6 Å². The van der Waals surface area contributed by atoms with Crippen molar-refractivity contribution in [2.45, 2.75) is 13.3 Å². The highest BCUT2D eigenvalue weighted by Crippen LogP contribution is 2.37. The molecule has 0 bridgehead atoms. The van der Waals surface area contributed by atoms with Gasteiger partial charge in [0.05, 0.1) is 11.4 Å². The van der Waals surface area contributed by atoms with Crippen molar-refractivity contribution in [2.24, 2.45) is 0 Å². The molecule has 0 aliphatic carbocycles. The van der Waals surface area contributed by atoms with Crippen molar-refractivity contribution in [3.05, 3.63) is 64.1 Å². The van der Waals surface area contributed by atoms with Crippen molar-refractivity contribution in [1.29, 1.82) is 0 Å². The monoisotopic (exact) mass is 353 g/mol. The Kier molecular flexibility index (Phi) is 3.26. The fraction of sp³-hybridized carbons (Fsp3) is 0.167. The van der Waals surface area contributed by atoms with Crippen LogP contribution in [-0.2, 0) is 6.42 Å². The van der Waals surface area contributed by atoms with Crippen LogP contribution in [0, 0.1) is 6.92 Å². The number of rotatable bonds is 2. The second kappa shape index (κ2) is 5.29. The summed E-state index contributed by atoms with van der Waals surface area (Å²) in [5.41, 5.74) is 5.86. The van der Waals surface area contributed by atoms with E-state index in [4.69, 9.17) is 5.10 Å². The number of aromatic nitrogens is 2. The lowest BCUT2D eigenvalue weighted by atomic mass is 10.1. The lowest BCUT2D eigenvalue weighted by Crippen LogP contribution is -2.04. The molecule has 1 N–H and O–H groups in total. The Morgan fingerprint density at radius 2 is 1.86 bits per heavy atom. The van der Waals surface area contributed by atoms with Gasteiger partial charge in [0.2, 0.25) is 0 Å². The SMILES string of the molecule is Cc1ccc(-n2nc(-c3ccccc3Br)c3c2NCC3)cc1. The predicted octanol–water partition coefficient (Wildman–Crippen LogP) is 4.58. The van der Waals surface area contributed by atoms with Crippen molar-refractivity contribution in [3.63, 3.8) is 0 Å². The summed E-state index contributed by atoms with van der Waals surface area (Å²) in [6.07, 6.45) is 1.01. The minimum atomic E-state index is 0.969. The van der Waals surface area contributed by atoms with Gasteiger partial charge in [-0.05, 0) is 31.5 Å². The van der Waals surface area contributed by atoms with E-state index in [-0.39, 0.29) is 0 Å². The number of halogens is 1. The van der Waals surface area contributed by atoms with Crippen LogP contribution in [0.15, 0.2) is 53.0 Å². The van der Waals surface area contributed by atoms with Crippen LogP contribution in [0.25, 0.3) is 16.9 Å². The number of nitrogens with one attached hydrogen (secondary N) is 1. The van der Waals surface area contributed by atoms with E-state index >= 15 is 0 Å². The molecule has 3 aromatic rings. The van der Waals surface area contributed by atoms with E-state index in [0.29, 0.717) is 0 Å². The van der Waals surface area contributed by atoms with E-state index in [0.717, 1.165) is 40.2 Å². The molecule has 1 aliphatic heterocycles. The minimum Gasteiger partial charge on any atom is -0.369 e. The third kappa shape index (κ3) is 2.15. The first kappa shape index (κ1) is 13.6. The third-order valence-electron chi connectivity index (χ3n) is 4.06. The zero-order valence-corrected chi connectivity index (χ0v) is 13.9. The number of anilines is 1. The molecule has 2 aromatic carbocycles. The van der Waals surface area contributed by atoms with Gasteiger partial charge in [0.1, 0.15) is 5.82 Å². The lowest BCUT2D eigenvalue weighted by molar-refractivity contribution is 0.881. The van der Waals surface area contributed by atoms with Crippen molar-refractivity contribution in [1.82, 2.24) is 9.78 Å². The Balaban J connectivity index is 1.90. The standard InChI is InChI=1S/C18H16BrN3/c1-12-6-8-13(9-7-12)22-18-15(10-11-20-18)17(21-22)14-4-2-3-5-16(14)19/h2-9,20H,10-11H2,1H3. The number of hydrogen-bond donors (Lipinski definition) is 1. The van der Waals surface area contributed by atoms with Crippen LogP contribution in [0.1, 0.15) is 11.1 Å². The number of fused-ring (bicyclic) bond motifs is 1. The molecule has 0 unspecified atom stereocenters. The number of nitrogens with zero attached hydrogens (tertiary/aromatic N) is 2. The fourth-order valence-electron chi connectivity index (χ4n) is 2.92. The van der Waals surface area contributed by atoms with Crippen molar-refractivity contribution in [3.8, 4) is 16.9 Å². The molecule has 0 radical (unpaired) electrons. The van der Waals surface area contributed by atoms with Gasteiger partial charge in [0.25, 0.3) is 0 Å². The van der Waals surface area contributed by atoms with Gasteiger partial charge < -0.3 is 5.32 Å². The van der Waals surface area contributed by atoms with Gasteiger partial charge in [-0.15, -0.1) is 0 Å². The average Bonchev–Trinajstić information content (AvgIpc) is 3.11. The highest BCUT2D eigenvalue weighted by molar-refractivity contribution is 9.10. The van der Waals surface area contributed by atoms with Crippen LogP contribution in [0.3, 0.4) is 0 Å². The Bertz CT molecular complexity index is 834. The summed E-state index contributed by atoms with van der Waals surface area (Å²) in [4.78, 5) is 0. The Morgan fingerprint density at radius 1 is 1.09 bits per heavy atom. The zero-order chi connectivity index (χ0) is 15.1. The van der Waals surface area contributed by atoms with Crippen LogP contribution < -0.4 is 5.32 Å². The maximum atomic E-state index is 4.89. The molecular formula is C18H16BrN3. The van der Waals surface area contributed by atoms with Crippen LogP contribution in [-0.4, -0.2) is 16.3 Å². The lowest BCUT2D eigenvalue weighted by Gasteiger charge is -2.06. The Labute approximate surface area is 138 Å². The highest BCUT2D eigenvalue weighted by atomic mass is 79.9. The summed E-state index contributed by atoms with van der Waals surface area (Å²) < 4.78 is 3.11. The van der Waals surface area contributed by atoms with Gasteiger partial charge in [-0.3, -0.25) is 0 Å². The molecule has 0 fully saturated rings. The third-order valence-corrected chi connectivity index (χ3v) is 4.75. The topological polar surface area (TPSA) is 29.9 Å². The van der Waals surface area contributed by atoms with Crippen molar-refractivity contribution < 1.29 is 0 Å². The van der Waals surface area contributed by atoms with E-state index in [1.165, 1.54) is 11.1 Å². The second-order valence-electron chi connectivity index (χ2n) is 5.58. The molecule has 0 spiro atoms. The molecule has 1 aromatic heterocycles. The predicted molar refractivity (Wildman–Crippen MR) is 93.6 cm³/mol. The van der Waals surface area contributed by atoms with Crippen LogP contribution in [0.2, 0.25) is 0 Å². The quantitative estimate of drug-likeness (QED) is 0.730. The molecule has 0 saturated carbocycles. The molecule has 0 amide bonds. The van der Waals surface area contributed by atoms with E-state index < -0.39 is 0 Å². The summed E-state index contributed by atoms with van der Waals surface area (Å²) in [7, 11) is 0. The summed E-state index contributed by atoms with van der Waals surface area (Å²) in [6.45, 7) is 3.07. The van der Waals surface area contributed by atoms with Gasteiger partial charge in [-0.1, -0.05) is 51.8 Å². The molecular weight excluding hydrogens is 338 g/mol. The van der Waals surface area contributed by atoms with Gasteiger partial charge in [0.15, 0.2) is 0 Å².